The van der Waals surface area contributed by atoms with E-state index < -0.39 is 5.91 Å². The lowest BCUT2D eigenvalue weighted by Gasteiger charge is -2.11. The van der Waals surface area contributed by atoms with Crippen LogP contribution in [0.3, 0.4) is 0 Å². The van der Waals surface area contributed by atoms with Crippen LogP contribution in [0.25, 0.3) is 6.08 Å². The van der Waals surface area contributed by atoms with Crippen molar-refractivity contribution in [3.8, 4) is 6.07 Å². The Labute approximate surface area is 170 Å². The fraction of sp³-hybridized carbons (Fsp3) is 0.476. The van der Waals surface area contributed by atoms with Gasteiger partial charge in [0.15, 0.2) is 0 Å². The standard InChI is InChI=1S/C21H28N4O2S/c1-13(2)21-24-19(12-28-21)15(4)23-20(26)18(11-22)10-17-9-14(3)25(16(17)5)7-8-27-6/h9-10,12-13,15H,7-8H2,1-6H3,(H,23,26)/b18-10-. The zero-order valence-corrected chi connectivity index (χ0v) is 18.2. The third-order valence-electron chi connectivity index (χ3n) is 4.62. The number of carbonyl (C=O) groups is 1. The summed E-state index contributed by atoms with van der Waals surface area (Å²) in [5.41, 5.74) is 3.83. The smallest absolute Gasteiger partial charge is 0.262 e. The van der Waals surface area contributed by atoms with Crippen LogP contribution in [-0.4, -0.2) is 29.2 Å². The molecule has 0 spiro atoms. The number of carbonyl (C=O) groups excluding carboxylic acids is 1. The van der Waals surface area contributed by atoms with Crippen molar-refractivity contribution in [3.63, 3.8) is 0 Å². The molecule has 0 bridgehead atoms. The summed E-state index contributed by atoms with van der Waals surface area (Å²) >= 11 is 1.59. The van der Waals surface area contributed by atoms with Crippen LogP contribution < -0.4 is 5.32 Å². The summed E-state index contributed by atoms with van der Waals surface area (Å²) < 4.78 is 7.27. The zero-order valence-electron chi connectivity index (χ0n) is 17.4. The number of nitrogens with one attached hydrogen (secondary N) is 1. The first-order chi connectivity index (χ1) is 13.3. The van der Waals surface area contributed by atoms with Crippen molar-refractivity contribution in [3.05, 3.63) is 44.7 Å². The largest absolute Gasteiger partial charge is 0.383 e. The monoisotopic (exact) mass is 400 g/mol. The molecule has 2 heterocycles. The van der Waals surface area contributed by atoms with Crippen molar-refractivity contribution in [1.82, 2.24) is 14.9 Å². The molecule has 0 saturated carbocycles. The molecule has 2 rings (SSSR count). The molecule has 0 aliphatic carbocycles. The van der Waals surface area contributed by atoms with Gasteiger partial charge in [-0.2, -0.15) is 5.26 Å². The summed E-state index contributed by atoms with van der Waals surface area (Å²) in [7, 11) is 1.67. The van der Waals surface area contributed by atoms with Gasteiger partial charge in [0, 0.05) is 36.3 Å². The SMILES string of the molecule is COCCn1c(C)cc(/C=C(/C#N)C(=O)NC(C)c2csc(C(C)C)n2)c1C. The van der Waals surface area contributed by atoms with Crippen LogP contribution in [0.4, 0.5) is 0 Å². The fourth-order valence-electron chi connectivity index (χ4n) is 2.92. The molecule has 28 heavy (non-hydrogen) atoms. The van der Waals surface area contributed by atoms with E-state index >= 15 is 0 Å². The van der Waals surface area contributed by atoms with Gasteiger partial charge in [-0.05, 0) is 38.5 Å². The lowest BCUT2D eigenvalue weighted by molar-refractivity contribution is -0.117. The topological polar surface area (TPSA) is 79.9 Å². The number of nitrogens with zero attached hydrogens (tertiary/aromatic N) is 3. The predicted octanol–water partition coefficient (Wildman–Crippen LogP) is 4.12. The summed E-state index contributed by atoms with van der Waals surface area (Å²) in [6.45, 7) is 11.4. The second-order valence-electron chi connectivity index (χ2n) is 7.10. The number of rotatable bonds is 8. The van der Waals surface area contributed by atoms with E-state index in [1.54, 1.807) is 24.5 Å². The Hall–Kier alpha value is -2.43. The Balaban J connectivity index is 2.17. The van der Waals surface area contributed by atoms with Crippen LogP contribution in [0.15, 0.2) is 17.0 Å². The van der Waals surface area contributed by atoms with Crippen molar-refractivity contribution in [2.45, 2.75) is 53.1 Å². The van der Waals surface area contributed by atoms with Crippen LogP contribution in [-0.2, 0) is 16.1 Å². The highest BCUT2D eigenvalue weighted by Gasteiger charge is 2.18. The Morgan fingerprint density at radius 2 is 2.14 bits per heavy atom. The number of nitriles is 1. The number of aromatic nitrogens is 2. The zero-order chi connectivity index (χ0) is 20.8. The van der Waals surface area contributed by atoms with Gasteiger partial charge in [-0.25, -0.2) is 4.98 Å². The molecule has 2 aromatic heterocycles. The van der Waals surface area contributed by atoms with Crippen molar-refractivity contribution in [2.75, 3.05) is 13.7 Å². The average molecular weight is 401 g/mol. The Morgan fingerprint density at radius 3 is 2.71 bits per heavy atom. The molecule has 2 aromatic rings. The molecule has 6 nitrogen and oxygen atoms in total. The number of ether oxygens (including phenoxy) is 1. The van der Waals surface area contributed by atoms with E-state index in [1.165, 1.54) is 0 Å². The summed E-state index contributed by atoms with van der Waals surface area (Å²) in [6, 6.07) is 3.75. The summed E-state index contributed by atoms with van der Waals surface area (Å²) in [5.74, 6) is -0.0413. The fourth-order valence-corrected chi connectivity index (χ4v) is 3.85. The minimum atomic E-state index is -0.393. The molecular weight excluding hydrogens is 372 g/mol. The van der Waals surface area contributed by atoms with E-state index in [0.29, 0.717) is 12.5 Å². The third kappa shape index (κ3) is 5.09. The van der Waals surface area contributed by atoms with Crippen LogP contribution in [0, 0.1) is 25.2 Å². The van der Waals surface area contributed by atoms with Gasteiger partial charge in [-0.3, -0.25) is 4.79 Å². The molecule has 150 valence electrons. The second-order valence-corrected chi connectivity index (χ2v) is 7.99. The van der Waals surface area contributed by atoms with Gasteiger partial charge in [0.05, 0.1) is 23.4 Å². The number of thiazole rings is 1. The lowest BCUT2D eigenvalue weighted by atomic mass is 10.1. The van der Waals surface area contributed by atoms with Gasteiger partial charge >= 0.3 is 0 Å². The Bertz CT molecular complexity index is 902. The van der Waals surface area contributed by atoms with E-state index in [0.717, 1.165) is 34.2 Å². The predicted molar refractivity (Wildman–Crippen MR) is 112 cm³/mol. The summed E-state index contributed by atoms with van der Waals surface area (Å²) in [6.07, 6.45) is 1.65. The molecular formula is C21H28N4O2S. The van der Waals surface area contributed by atoms with Gasteiger partial charge < -0.3 is 14.6 Å². The van der Waals surface area contributed by atoms with E-state index in [9.17, 15) is 10.1 Å². The number of hydrogen-bond acceptors (Lipinski definition) is 5. The number of aryl methyl sites for hydroxylation is 1. The molecule has 0 aliphatic rings. The van der Waals surface area contributed by atoms with Crippen LogP contribution in [0.2, 0.25) is 0 Å². The maximum absolute atomic E-state index is 12.6. The van der Waals surface area contributed by atoms with Crippen molar-refractivity contribution < 1.29 is 9.53 Å². The van der Waals surface area contributed by atoms with E-state index in [4.69, 9.17) is 4.74 Å². The minimum absolute atomic E-state index is 0.0816. The molecule has 0 saturated heterocycles. The molecule has 1 unspecified atom stereocenters. The van der Waals surface area contributed by atoms with Gasteiger partial charge in [-0.1, -0.05) is 13.8 Å². The Morgan fingerprint density at radius 1 is 1.43 bits per heavy atom. The van der Waals surface area contributed by atoms with Crippen molar-refractivity contribution >= 4 is 23.3 Å². The molecule has 1 atom stereocenters. The average Bonchev–Trinajstić information content (AvgIpc) is 3.24. The molecule has 0 radical (unpaired) electrons. The maximum Gasteiger partial charge on any atom is 0.262 e. The highest BCUT2D eigenvalue weighted by atomic mass is 32.1. The first-order valence-electron chi connectivity index (χ1n) is 9.32. The van der Waals surface area contributed by atoms with Gasteiger partial charge in [0.2, 0.25) is 0 Å². The highest BCUT2D eigenvalue weighted by molar-refractivity contribution is 7.09. The van der Waals surface area contributed by atoms with Gasteiger partial charge in [0.25, 0.3) is 5.91 Å². The maximum atomic E-state index is 12.6. The molecule has 0 aliphatic heterocycles. The molecule has 0 fully saturated rings. The molecule has 7 heteroatoms. The quantitative estimate of drug-likeness (QED) is 0.534. The van der Waals surface area contributed by atoms with Crippen molar-refractivity contribution in [2.24, 2.45) is 0 Å². The van der Waals surface area contributed by atoms with Crippen LogP contribution >= 0.6 is 11.3 Å². The van der Waals surface area contributed by atoms with E-state index in [-0.39, 0.29) is 11.6 Å². The molecule has 0 aromatic carbocycles. The van der Waals surface area contributed by atoms with Crippen LogP contribution in [0.5, 0.6) is 0 Å². The van der Waals surface area contributed by atoms with Crippen LogP contribution in [0.1, 0.15) is 60.4 Å². The number of methoxy groups -OCH3 is 1. The summed E-state index contributed by atoms with van der Waals surface area (Å²) in [5, 5.41) is 15.4. The number of hydrogen-bond donors (Lipinski definition) is 1. The lowest BCUT2D eigenvalue weighted by Crippen LogP contribution is -2.27. The first-order valence-corrected chi connectivity index (χ1v) is 10.2. The number of amides is 1. The first kappa shape index (κ1) is 21.9. The van der Waals surface area contributed by atoms with Gasteiger partial charge in [-0.15, -0.1) is 11.3 Å². The van der Waals surface area contributed by atoms with E-state index in [2.05, 4.69) is 28.7 Å². The minimum Gasteiger partial charge on any atom is -0.383 e. The normalized spacial score (nSPS) is 12.9. The van der Waals surface area contributed by atoms with E-state index in [1.807, 2.05) is 38.3 Å². The van der Waals surface area contributed by atoms with Gasteiger partial charge in [0.1, 0.15) is 11.6 Å². The second kappa shape index (κ2) is 9.67. The highest BCUT2D eigenvalue weighted by Crippen LogP contribution is 2.23. The van der Waals surface area contributed by atoms with Crippen molar-refractivity contribution in [1.29, 1.82) is 5.26 Å². The molecule has 1 amide bonds. The summed E-state index contributed by atoms with van der Waals surface area (Å²) in [4.78, 5) is 17.2. The Kier molecular flexibility index (Phi) is 7.55. The molecule has 1 N–H and O–H groups in total. The third-order valence-corrected chi connectivity index (χ3v) is 5.79.